The van der Waals surface area contributed by atoms with Gasteiger partial charge in [0.05, 0.1) is 24.7 Å². The number of β-amino-alcohol motifs (C(OH)–C–C–N with tert-alkyl or cyclic N) is 1. The molecule has 1 saturated heterocycles. The van der Waals surface area contributed by atoms with Crippen molar-refractivity contribution in [3.63, 3.8) is 0 Å². The van der Waals surface area contributed by atoms with Gasteiger partial charge in [-0.3, -0.25) is 14.8 Å². The van der Waals surface area contributed by atoms with Crippen LogP contribution in [0.25, 0.3) is 0 Å². The molecule has 0 amide bonds. The first kappa shape index (κ1) is 14.2. The van der Waals surface area contributed by atoms with Gasteiger partial charge in [-0.2, -0.15) is 0 Å². The second-order valence-electron chi connectivity index (χ2n) is 4.84. The lowest BCUT2D eigenvalue weighted by molar-refractivity contribution is 0.195. The summed E-state index contributed by atoms with van der Waals surface area (Å²) in [4.78, 5) is 13.4. The number of nitrogens with zero attached hydrogens (tertiary/aromatic N) is 4. The molecule has 6 nitrogen and oxygen atoms in total. The number of anilines is 1. The van der Waals surface area contributed by atoms with Crippen molar-refractivity contribution in [3.05, 3.63) is 18.1 Å². The summed E-state index contributed by atoms with van der Waals surface area (Å²) in [7, 11) is 1.84. The lowest BCUT2D eigenvalue weighted by Gasteiger charge is -2.20. The first-order valence-corrected chi connectivity index (χ1v) is 6.86. The quantitative estimate of drug-likeness (QED) is 0.782. The SMILES string of the molecule is CNc1cnc(CN2CCCN(CCO)CC2)cn1. The predicted octanol–water partition coefficient (Wildman–Crippen LogP) is 0.0183. The molecule has 0 spiro atoms. The van der Waals surface area contributed by atoms with Crippen molar-refractivity contribution in [3.8, 4) is 0 Å². The molecule has 0 bridgehead atoms. The standard InChI is InChI=1S/C13H23N5O/c1-14-13-10-15-12(9-16-13)11-18-4-2-3-17(5-6-18)7-8-19/h9-10,19H,2-8,11H2,1H3,(H,14,16). The Labute approximate surface area is 114 Å². The van der Waals surface area contributed by atoms with Crippen LogP contribution < -0.4 is 5.32 Å². The Hall–Kier alpha value is -1.24. The maximum atomic E-state index is 8.98. The van der Waals surface area contributed by atoms with E-state index in [1.165, 1.54) is 0 Å². The molecule has 0 aromatic carbocycles. The zero-order valence-electron chi connectivity index (χ0n) is 11.5. The molecule has 1 aliphatic heterocycles. The smallest absolute Gasteiger partial charge is 0.144 e. The lowest BCUT2D eigenvalue weighted by Crippen LogP contribution is -2.32. The highest BCUT2D eigenvalue weighted by Gasteiger charge is 2.14. The molecule has 0 aliphatic carbocycles. The van der Waals surface area contributed by atoms with Crippen LogP contribution in [-0.4, -0.2) is 71.3 Å². The molecular weight excluding hydrogens is 242 g/mol. The zero-order chi connectivity index (χ0) is 13.5. The van der Waals surface area contributed by atoms with Crippen molar-refractivity contribution in [2.45, 2.75) is 13.0 Å². The Bertz CT molecular complexity index is 370. The van der Waals surface area contributed by atoms with E-state index in [2.05, 4.69) is 25.1 Å². The first-order chi connectivity index (χ1) is 9.31. The molecule has 0 unspecified atom stereocenters. The number of hydrogen-bond donors (Lipinski definition) is 2. The minimum Gasteiger partial charge on any atom is -0.395 e. The summed E-state index contributed by atoms with van der Waals surface area (Å²) >= 11 is 0. The fraction of sp³-hybridized carbons (Fsp3) is 0.692. The fourth-order valence-electron chi connectivity index (χ4n) is 2.34. The van der Waals surface area contributed by atoms with E-state index in [1.807, 2.05) is 13.2 Å². The van der Waals surface area contributed by atoms with Crippen LogP contribution in [0.15, 0.2) is 12.4 Å². The zero-order valence-corrected chi connectivity index (χ0v) is 11.5. The number of nitrogens with one attached hydrogen (secondary N) is 1. The summed E-state index contributed by atoms with van der Waals surface area (Å²) in [6, 6.07) is 0. The van der Waals surface area contributed by atoms with Crippen LogP contribution in [0.1, 0.15) is 12.1 Å². The van der Waals surface area contributed by atoms with Gasteiger partial charge in [0.1, 0.15) is 5.82 Å². The average Bonchev–Trinajstić information content (AvgIpc) is 2.66. The Morgan fingerprint density at radius 2 is 1.95 bits per heavy atom. The van der Waals surface area contributed by atoms with Crippen LogP contribution in [0.4, 0.5) is 5.82 Å². The minimum absolute atomic E-state index is 0.247. The monoisotopic (exact) mass is 265 g/mol. The Morgan fingerprint density at radius 1 is 1.16 bits per heavy atom. The summed E-state index contributed by atoms with van der Waals surface area (Å²) in [5.41, 5.74) is 1.01. The van der Waals surface area contributed by atoms with Crippen molar-refractivity contribution in [2.24, 2.45) is 0 Å². The number of hydrogen-bond acceptors (Lipinski definition) is 6. The minimum atomic E-state index is 0.247. The van der Waals surface area contributed by atoms with Crippen LogP contribution >= 0.6 is 0 Å². The van der Waals surface area contributed by atoms with Crippen LogP contribution in [0, 0.1) is 0 Å². The topological polar surface area (TPSA) is 64.5 Å². The highest BCUT2D eigenvalue weighted by atomic mass is 16.3. The molecule has 2 rings (SSSR count). The van der Waals surface area contributed by atoms with Gasteiger partial charge >= 0.3 is 0 Å². The van der Waals surface area contributed by atoms with Crippen molar-refractivity contribution in [1.82, 2.24) is 19.8 Å². The second-order valence-corrected chi connectivity index (χ2v) is 4.84. The number of aromatic nitrogens is 2. The molecule has 1 aromatic rings. The Balaban J connectivity index is 1.84. The third kappa shape index (κ3) is 4.41. The summed E-state index contributed by atoms with van der Waals surface area (Å²) in [6.07, 6.45) is 4.75. The third-order valence-corrected chi connectivity index (χ3v) is 3.44. The largest absolute Gasteiger partial charge is 0.395 e. The van der Waals surface area contributed by atoms with Gasteiger partial charge in [-0.05, 0) is 19.5 Å². The van der Waals surface area contributed by atoms with Crippen LogP contribution in [0.3, 0.4) is 0 Å². The molecule has 19 heavy (non-hydrogen) atoms. The van der Waals surface area contributed by atoms with Crippen LogP contribution in [0.2, 0.25) is 0 Å². The molecular formula is C13H23N5O. The van der Waals surface area contributed by atoms with Gasteiger partial charge in [0.15, 0.2) is 0 Å². The summed E-state index contributed by atoms with van der Waals surface area (Å²) < 4.78 is 0. The molecule has 0 atom stereocenters. The first-order valence-electron chi connectivity index (χ1n) is 6.86. The maximum absolute atomic E-state index is 8.98. The Morgan fingerprint density at radius 3 is 2.63 bits per heavy atom. The summed E-state index contributed by atoms with van der Waals surface area (Å²) in [5.74, 6) is 0.800. The normalized spacial score (nSPS) is 18.2. The number of aliphatic hydroxyl groups excluding tert-OH is 1. The van der Waals surface area contributed by atoms with Gasteiger partial charge in [-0.25, -0.2) is 4.98 Å². The van der Waals surface area contributed by atoms with E-state index in [9.17, 15) is 0 Å². The molecule has 6 heteroatoms. The van der Waals surface area contributed by atoms with Gasteiger partial charge in [0.2, 0.25) is 0 Å². The lowest BCUT2D eigenvalue weighted by atomic mass is 10.3. The van der Waals surface area contributed by atoms with Crippen molar-refractivity contribution >= 4 is 5.82 Å². The summed E-state index contributed by atoms with van der Waals surface area (Å²) in [6.45, 7) is 6.07. The molecule has 2 heterocycles. The van der Waals surface area contributed by atoms with Crippen LogP contribution in [0.5, 0.6) is 0 Å². The van der Waals surface area contributed by atoms with Crippen molar-refractivity contribution in [2.75, 3.05) is 51.7 Å². The Kier molecular flexibility index (Phi) is 5.50. The molecule has 2 N–H and O–H groups in total. The van der Waals surface area contributed by atoms with Gasteiger partial charge in [-0.15, -0.1) is 0 Å². The third-order valence-electron chi connectivity index (χ3n) is 3.44. The van der Waals surface area contributed by atoms with Gasteiger partial charge in [-0.1, -0.05) is 0 Å². The highest BCUT2D eigenvalue weighted by molar-refractivity contribution is 5.29. The molecule has 1 aliphatic rings. The summed E-state index contributed by atoms with van der Waals surface area (Å²) in [5, 5.41) is 12.0. The molecule has 0 radical (unpaired) electrons. The van der Waals surface area contributed by atoms with E-state index >= 15 is 0 Å². The average molecular weight is 265 g/mol. The van der Waals surface area contributed by atoms with E-state index in [4.69, 9.17) is 5.11 Å². The van der Waals surface area contributed by atoms with Gasteiger partial charge < -0.3 is 10.4 Å². The van der Waals surface area contributed by atoms with Crippen molar-refractivity contribution < 1.29 is 5.11 Å². The van der Waals surface area contributed by atoms with Crippen molar-refractivity contribution in [1.29, 1.82) is 0 Å². The molecule has 1 fully saturated rings. The van der Waals surface area contributed by atoms with Gasteiger partial charge in [0.25, 0.3) is 0 Å². The fourth-order valence-corrected chi connectivity index (χ4v) is 2.34. The number of rotatable bonds is 5. The maximum Gasteiger partial charge on any atom is 0.144 e. The molecule has 0 saturated carbocycles. The van der Waals surface area contributed by atoms with E-state index in [0.29, 0.717) is 0 Å². The van der Waals surface area contributed by atoms with Gasteiger partial charge in [0, 0.05) is 33.2 Å². The molecule has 106 valence electrons. The highest BCUT2D eigenvalue weighted by Crippen LogP contribution is 2.07. The van der Waals surface area contributed by atoms with E-state index < -0.39 is 0 Å². The van der Waals surface area contributed by atoms with E-state index in [-0.39, 0.29) is 6.61 Å². The van der Waals surface area contributed by atoms with E-state index in [1.54, 1.807) is 6.20 Å². The number of aliphatic hydroxyl groups is 1. The molecule has 1 aromatic heterocycles. The predicted molar refractivity (Wildman–Crippen MR) is 75.0 cm³/mol. The second kappa shape index (κ2) is 7.37. The van der Waals surface area contributed by atoms with E-state index in [0.717, 1.165) is 57.2 Å². The van der Waals surface area contributed by atoms with Crippen LogP contribution in [-0.2, 0) is 6.54 Å².